The summed E-state index contributed by atoms with van der Waals surface area (Å²) < 4.78 is 18.1. The molecule has 0 N–H and O–H groups in total. The lowest BCUT2D eigenvalue weighted by molar-refractivity contribution is -0.150. The Morgan fingerprint density at radius 1 is 0.500 bits per heavy atom. The zero-order chi connectivity index (χ0) is 33.2. The molecule has 0 amide bonds. The number of carbonyl (C=O) groups excluding carboxylic acids is 1. The quantitative estimate of drug-likeness (QED) is 0.0383. The summed E-state index contributed by atoms with van der Waals surface area (Å²) in [5.41, 5.74) is 0. The highest BCUT2D eigenvalue weighted by molar-refractivity contribution is 5.69. The number of hydrogen-bond acceptors (Lipinski definition) is 5. The van der Waals surface area contributed by atoms with Crippen molar-refractivity contribution in [1.82, 2.24) is 4.90 Å². The van der Waals surface area contributed by atoms with Crippen LogP contribution in [0.4, 0.5) is 0 Å². The van der Waals surface area contributed by atoms with E-state index in [1.54, 1.807) is 0 Å². The minimum Gasteiger partial charge on any atom is -0.466 e. The number of ether oxygens (including phenoxy) is 3. The van der Waals surface area contributed by atoms with E-state index in [4.69, 9.17) is 14.2 Å². The van der Waals surface area contributed by atoms with Crippen LogP contribution in [0.25, 0.3) is 0 Å². The second kappa shape index (κ2) is 34.2. The van der Waals surface area contributed by atoms with Crippen molar-refractivity contribution in [2.75, 3.05) is 32.9 Å². The van der Waals surface area contributed by atoms with Crippen molar-refractivity contribution < 1.29 is 19.0 Å². The van der Waals surface area contributed by atoms with E-state index < -0.39 is 0 Å². The van der Waals surface area contributed by atoms with Crippen LogP contribution in [0, 0.1) is 0 Å². The van der Waals surface area contributed by atoms with Gasteiger partial charge in [0.1, 0.15) is 0 Å². The van der Waals surface area contributed by atoms with Crippen molar-refractivity contribution in [2.24, 2.45) is 0 Å². The fraction of sp³-hybridized carbons (Fsp3) is 0.976. The SMILES string of the molecule is CCCCCCCCCCCCC(CCOC(=O)CCCCC(OCCCCCCCC)OCCCCCCCC)N1CCCC1. The second-order valence-corrected chi connectivity index (χ2v) is 14.3. The molecule has 1 aliphatic rings. The average Bonchev–Trinajstić information content (AvgIpc) is 3.60. The van der Waals surface area contributed by atoms with E-state index in [0.717, 1.165) is 51.7 Å². The monoisotopic (exact) mass is 652 g/mol. The zero-order valence-corrected chi connectivity index (χ0v) is 31.5. The van der Waals surface area contributed by atoms with Gasteiger partial charge in [-0.15, -0.1) is 0 Å². The molecule has 1 saturated heterocycles. The molecule has 1 fully saturated rings. The number of nitrogens with zero attached hydrogens (tertiary/aromatic N) is 1. The minimum absolute atomic E-state index is 0.0309. The summed E-state index contributed by atoms with van der Waals surface area (Å²) in [7, 11) is 0. The summed E-state index contributed by atoms with van der Waals surface area (Å²) in [4.78, 5) is 15.2. The van der Waals surface area contributed by atoms with E-state index in [-0.39, 0.29) is 12.3 Å². The van der Waals surface area contributed by atoms with Crippen molar-refractivity contribution in [3.63, 3.8) is 0 Å². The molecule has 5 heteroatoms. The van der Waals surface area contributed by atoms with Crippen LogP contribution in [-0.2, 0) is 19.0 Å². The summed E-state index contributed by atoms with van der Waals surface area (Å²) >= 11 is 0. The summed E-state index contributed by atoms with van der Waals surface area (Å²) in [6.45, 7) is 11.4. The maximum atomic E-state index is 12.6. The van der Waals surface area contributed by atoms with Crippen LogP contribution >= 0.6 is 0 Å². The highest BCUT2D eigenvalue weighted by Gasteiger charge is 2.22. The predicted molar refractivity (Wildman–Crippen MR) is 198 cm³/mol. The second-order valence-electron chi connectivity index (χ2n) is 14.3. The third kappa shape index (κ3) is 27.3. The number of hydrogen-bond donors (Lipinski definition) is 0. The van der Waals surface area contributed by atoms with E-state index in [1.807, 2.05) is 0 Å². The van der Waals surface area contributed by atoms with Gasteiger partial charge in [-0.2, -0.15) is 0 Å². The molecule has 0 aromatic heterocycles. The Balaban J connectivity index is 2.23. The van der Waals surface area contributed by atoms with Gasteiger partial charge in [0.2, 0.25) is 0 Å². The van der Waals surface area contributed by atoms with Crippen LogP contribution in [0.2, 0.25) is 0 Å². The molecule has 1 aliphatic heterocycles. The molecule has 0 aromatic carbocycles. The van der Waals surface area contributed by atoms with Crippen LogP contribution in [0.1, 0.15) is 213 Å². The first kappa shape index (κ1) is 43.4. The first-order valence-electron chi connectivity index (χ1n) is 20.8. The Bertz CT molecular complexity index is 606. The first-order valence-corrected chi connectivity index (χ1v) is 20.8. The Morgan fingerprint density at radius 3 is 1.43 bits per heavy atom. The molecule has 0 bridgehead atoms. The number of unbranched alkanes of at least 4 members (excludes halogenated alkanes) is 20. The van der Waals surface area contributed by atoms with E-state index in [0.29, 0.717) is 19.1 Å². The maximum Gasteiger partial charge on any atom is 0.305 e. The largest absolute Gasteiger partial charge is 0.466 e. The van der Waals surface area contributed by atoms with Gasteiger partial charge in [-0.05, 0) is 70.9 Å². The van der Waals surface area contributed by atoms with E-state index >= 15 is 0 Å². The molecule has 5 nitrogen and oxygen atoms in total. The first-order chi connectivity index (χ1) is 22.7. The van der Waals surface area contributed by atoms with Gasteiger partial charge in [0.25, 0.3) is 0 Å². The van der Waals surface area contributed by atoms with Crippen molar-refractivity contribution in [2.45, 2.75) is 226 Å². The van der Waals surface area contributed by atoms with Crippen molar-refractivity contribution >= 4 is 5.97 Å². The lowest BCUT2D eigenvalue weighted by Crippen LogP contribution is -2.34. The van der Waals surface area contributed by atoms with Crippen LogP contribution in [-0.4, -0.2) is 56.1 Å². The topological polar surface area (TPSA) is 48.0 Å². The van der Waals surface area contributed by atoms with E-state index in [9.17, 15) is 4.79 Å². The predicted octanol–water partition coefficient (Wildman–Crippen LogP) is 12.3. The molecule has 274 valence electrons. The molecular weight excluding hydrogens is 570 g/mol. The standard InChI is InChI=1S/C41H81NO4/c1-4-7-10-13-16-17-18-19-20-23-30-39(42-34-26-27-35-42)33-38-44-40(43)31-24-25-32-41(45-36-28-21-14-11-8-5-2)46-37-29-22-15-12-9-6-3/h39,41H,4-38H2,1-3H3. The third-order valence-electron chi connectivity index (χ3n) is 9.94. The van der Waals surface area contributed by atoms with E-state index in [2.05, 4.69) is 25.7 Å². The number of carbonyl (C=O) groups is 1. The Labute approximate surface area is 288 Å². The smallest absolute Gasteiger partial charge is 0.305 e. The molecule has 0 saturated carbocycles. The van der Waals surface area contributed by atoms with Gasteiger partial charge in [0.05, 0.1) is 6.61 Å². The van der Waals surface area contributed by atoms with Crippen LogP contribution < -0.4 is 0 Å². The van der Waals surface area contributed by atoms with Crippen molar-refractivity contribution in [3.05, 3.63) is 0 Å². The van der Waals surface area contributed by atoms with Gasteiger partial charge in [-0.1, -0.05) is 149 Å². The third-order valence-corrected chi connectivity index (χ3v) is 9.94. The molecule has 46 heavy (non-hydrogen) atoms. The average molecular weight is 652 g/mol. The summed E-state index contributed by atoms with van der Waals surface area (Å²) in [6.07, 6.45) is 37.0. The van der Waals surface area contributed by atoms with Crippen LogP contribution in [0.15, 0.2) is 0 Å². The maximum absolute atomic E-state index is 12.6. The molecule has 1 rings (SSSR count). The normalized spacial score (nSPS) is 14.4. The fourth-order valence-corrected chi connectivity index (χ4v) is 6.85. The Kier molecular flexibility index (Phi) is 32.3. The minimum atomic E-state index is -0.130. The van der Waals surface area contributed by atoms with Gasteiger partial charge in [-0.25, -0.2) is 0 Å². The highest BCUT2D eigenvalue weighted by Crippen LogP contribution is 2.21. The summed E-state index contributed by atoms with van der Waals surface area (Å²) in [5.74, 6) is -0.0309. The molecule has 0 spiro atoms. The lowest BCUT2D eigenvalue weighted by Gasteiger charge is -2.27. The van der Waals surface area contributed by atoms with Gasteiger partial charge in [-0.3, -0.25) is 4.79 Å². The molecule has 1 heterocycles. The lowest BCUT2D eigenvalue weighted by atomic mass is 10.0. The summed E-state index contributed by atoms with van der Waals surface area (Å²) in [5, 5.41) is 0. The fourth-order valence-electron chi connectivity index (χ4n) is 6.85. The highest BCUT2D eigenvalue weighted by atomic mass is 16.7. The number of rotatable bonds is 36. The molecule has 0 aliphatic carbocycles. The number of likely N-dealkylation sites (tertiary alicyclic amines) is 1. The van der Waals surface area contributed by atoms with E-state index in [1.165, 1.54) is 161 Å². The number of esters is 1. The van der Waals surface area contributed by atoms with Crippen molar-refractivity contribution in [1.29, 1.82) is 0 Å². The Morgan fingerprint density at radius 2 is 0.935 bits per heavy atom. The van der Waals surface area contributed by atoms with Crippen LogP contribution in [0.3, 0.4) is 0 Å². The van der Waals surface area contributed by atoms with Gasteiger partial charge >= 0.3 is 5.97 Å². The van der Waals surface area contributed by atoms with Crippen LogP contribution in [0.5, 0.6) is 0 Å². The molecule has 0 radical (unpaired) electrons. The zero-order valence-electron chi connectivity index (χ0n) is 31.5. The van der Waals surface area contributed by atoms with Gasteiger partial charge in [0, 0.05) is 25.7 Å². The molecule has 1 unspecified atom stereocenters. The van der Waals surface area contributed by atoms with Crippen molar-refractivity contribution in [3.8, 4) is 0 Å². The van der Waals surface area contributed by atoms with Gasteiger partial charge < -0.3 is 19.1 Å². The molecule has 0 aromatic rings. The van der Waals surface area contributed by atoms with Gasteiger partial charge in [0.15, 0.2) is 6.29 Å². The molecule has 1 atom stereocenters. The Hall–Kier alpha value is -0.650. The summed E-state index contributed by atoms with van der Waals surface area (Å²) in [6, 6.07) is 0.581. The molecular formula is C41H81NO4.